The number of carbonyl (C=O) groups is 2. The Hall–Kier alpha value is -2.16. The van der Waals surface area contributed by atoms with Crippen molar-refractivity contribution in [3.8, 4) is 0 Å². The summed E-state index contributed by atoms with van der Waals surface area (Å²) >= 11 is 0. The summed E-state index contributed by atoms with van der Waals surface area (Å²) in [7, 11) is 0. The highest BCUT2D eigenvalue weighted by atomic mass is 16.4. The fourth-order valence-corrected chi connectivity index (χ4v) is 1.89. The Morgan fingerprint density at radius 2 is 1.82 bits per heavy atom. The van der Waals surface area contributed by atoms with Crippen LogP contribution < -0.4 is 0 Å². The van der Waals surface area contributed by atoms with Gasteiger partial charge in [-0.15, -0.1) is 0 Å². The van der Waals surface area contributed by atoms with E-state index in [0.29, 0.717) is 5.56 Å². The summed E-state index contributed by atoms with van der Waals surface area (Å²) < 4.78 is 0. The maximum atomic E-state index is 12.3. The summed E-state index contributed by atoms with van der Waals surface area (Å²) in [4.78, 5) is 23.7. The van der Waals surface area contributed by atoms with Crippen LogP contribution in [0.4, 0.5) is 0 Å². The molecule has 0 radical (unpaired) electrons. The Bertz CT molecular complexity index is 499. The molecule has 0 heterocycles. The summed E-state index contributed by atoms with van der Waals surface area (Å²) in [6, 6.07) is 8.52. The third-order valence-electron chi connectivity index (χ3n) is 2.89. The summed E-state index contributed by atoms with van der Waals surface area (Å²) in [5.41, 5.74) is -1.02. The first-order valence-corrected chi connectivity index (χ1v) is 5.34. The lowest BCUT2D eigenvalue weighted by molar-refractivity contribution is -0.143. The van der Waals surface area contributed by atoms with Crippen molar-refractivity contribution in [1.82, 2.24) is 0 Å². The number of carboxylic acid groups (broad SMARTS) is 1. The van der Waals surface area contributed by atoms with Gasteiger partial charge in [-0.05, 0) is 6.42 Å². The summed E-state index contributed by atoms with van der Waals surface area (Å²) in [5.74, 6) is -1.47. The van der Waals surface area contributed by atoms with E-state index in [1.807, 2.05) is 0 Å². The van der Waals surface area contributed by atoms with Crippen molar-refractivity contribution in [1.29, 1.82) is 0 Å². The number of ketones is 1. The molecule has 17 heavy (non-hydrogen) atoms. The molecule has 3 nitrogen and oxygen atoms in total. The van der Waals surface area contributed by atoms with Crippen molar-refractivity contribution in [3.05, 3.63) is 60.2 Å². The fraction of sp³-hybridized carbons (Fsp3) is 0.143. The van der Waals surface area contributed by atoms with Crippen molar-refractivity contribution in [2.45, 2.75) is 6.42 Å². The summed E-state index contributed by atoms with van der Waals surface area (Å²) in [5, 5.41) is 9.31. The zero-order chi connectivity index (χ0) is 12.3. The number of benzene rings is 1. The quantitative estimate of drug-likeness (QED) is 0.638. The number of allylic oxidation sites excluding steroid dienone is 3. The van der Waals surface area contributed by atoms with E-state index < -0.39 is 11.4 Å². The molecule has 0 saturated heterocycles. The van der Waals surface area contributed by atoms with E-state index in [-0.39, 0.29) is 12.2 Å². The van der Waals surface area contributed by atoms with Gasteiger partial charge in [0.2, 0.25) is 0 Å². The number of aliphatic carboxylic acids is 1. The van der Waals surface area contributed by atoms with Crippen LogP contribution in [0.1, 0.15) is 16.8 Å². The van der Waals surface area contributed by atoms with Crippen LogP contribution in [0, 0.1) is 5.41 Å². The van der Waals surface area contributed by atoms with Gasteiger partial charge in [-0.25, -0.2) is 0 Å². The molecule has 0 aromatic heterocycles. The van der Waals surface area contributed by atoms with E-state index >= 15 is 0 Å². The number of carbonyl (C=O) groups excluding carboxylic acids is 1. The zero-order valence-corrected chi connectivity index (χ0v) is 9.17. The van der Waals surface area contributed by atoms with Crippen molar-refractivity contribution in [3.63, 3.8) is 0 Å². The number of hydrogen-bond donors (Lipinski definition) is 1. The van der Waals surface area contributed by atoms with Crippen LogP contribution in [0.2, 0.25) is 0 Å². The second-order valence-electron chi connectivity index (χ2n) is 3.96. The molecule has 1 aromatic rings. The van der Waals surface area contributed by atoms with Gasteiger partial charge >= 0.3 is 5.97 Å². The molecule has 1 atom stereocenters. The second kappa shape index (κ2) is 4.37. The van der Waals surface area contributed by atoms with Gasteiger partial charge in [0.15, 0.2) is 11.2 Å². The molecule has 0 fully saturated rings. The lowest BCUT2D eigenvalue weighted by atomic mass is 9.75. The number of rotatable bonds is 3. The Balaban J connectivity index is 2.43. The van der Waals surface area contributed by atoms with E-state index in [1.54, 1.807) is 48.6 Å². The molecule has 3 heteroatoms. The molecule has 0 spiro atoms. The third kappa shape index (κ3) is 1.91. The maximum absolute atomic E-state index is 12.3. The topological polar surface area (TPSA) is 54.4 Å². The third-order valence-corrected chi connectivity index (χ3v) is 2.89. The first kappa shape index (κ1) is 11.3. The highest BCUT2D eigenvalue weighted by molar-refractivity contribution is 6.14. The largest absolute Gasteiger partial charge is 0.480 e. The predicted molar refractivity (Wildman–Crippen MR) is 63.7 cm³/mol. The van der Waals surface area contributed by atoms with Gasteiger partial charge in [-0.3, -0.25) is 9.59 Å². The normalized spacial score (nSPS) is 22.4. The minimum absolute atomic E-state index is 0.201. The van der Waals surface area contributed by atoms with Gasteiger partial charge in [0.25, 0.3) is 0 Å². The first-order chi connectivity index (χ1) is 8.17. The van der Waals surface area contributed by atoms with Gasteiger partial charge in [-0.1, -0.05) is 54.6 Å². The van der Waals surface area contributed by atoms with E-state index in [2.05, 4.69) is 0 Å². The zero-order valence-electron chi connectivity index (χ0n) is 9.17. The molecule has 2 rings (SSSR count). The highest BCUT2D eigenvalue weighted by Crippen LogP contribution is 2.32. The fourth-order valence-electron chi connectivity index (χ4n) is 1.89. The van der Waals surface area contributed by atoms with Gasteiger partial charge in [-0.2, -0.15) is 0 Å². The molecular weight excluding hydrogens is 216 g/mol. The minimum Gasteiger partial charge on any atom is -0.480 e. The monoisotopic (exact) mass is 228 g/mol. The summed E-state index contributed by atoms with van der Waals surface area (Å²) in [6.07, 6.45) is 6.73. The van der Waals surface area contributed by atoms with Crippen molar-refractivity contribution < 1.29 is 14.7 Å². The van der Waals surface area contributed by atoms with Gasteiger partial charge in [0.1, 0.15) is 0 Å². The summed E-state index contributed by atoms with van der Waals surface area (Å²) in [6.45, 7) is 0. The van der Waals surface area contributed by atoms with Crippen LogP contribution in [-0.4, -0.2) is 16.9 Å². The molecule has 1 aliphatic carbocycles. The predicted octanol–water partition coefficient (Wildman–Crippen LogP) is 2.46. The van der Waals surface area contributed by atoms with E-state index in [0.717, 1.165) is 0 Å². The molecule has 0 saturated carbocycles. The lowest BCUT2D eigenvalue weighted by Gasteiger charge is -2.24. The number of hydrogen-bond acceptors (Lipinski definition) is 2. The molecule has 1 unspecified atom stereocenters. The first-order valence-electron chi connectivity index (χ1n) is 5.34. The van der Waals surface area contributed by atoms with E-state index in [4.69, 9.17) is 0 Å². The standard InChI is InChI=1S/C14H12O3/c15-12(11-7-3-1-4-8-11)14(13(16)17)9-5-2-6-10-14/h1-9H,10H2,(H,16,17). The van der Waals surface area contributed by atoms with E-state index in [1.165, 1.54) is 6.08 Å². The smallest absolute Gasteiger partial charge is 0.321 e. The number of Topliss-reactive ketones (excluding diaryl/α,β-unsaturated/α-hetero) is 1. The lowest BCUT2D eigenvalue weighted by Crippen LogP contribution is -2.38. The number of carboxylic acids is 1. The van der Waals surface area contributed by atoms with Crippen LogP contribution in [0.3, 0.4) is 0 Å². The SMILES string of the molecule is O=C(O)C1(C(=O)c2ccccc2)C=CC=CC1. The van der Waals surface area contributed by atoms with Crippen LogP contribution >= 0.6 is 0 Å². The Labute approximate surface area is 99.1 Å². The molecular formula is C14H12O3. The molecule has 1 N–H and O–H groups in total. The average Bonchev–Trinajstić information content (AvgIpc) is 2.39. The Kier molecular flexibility index (Phi) is 2.91. The molecule has 0 amide bonds. The molecule has 0 aliphatic heterocycles. The van der Waals surface area contributed by atoms with Crippen molar-refractivity contribution >= 4 is 11.8 Å². The maximum Gasteiger partial charge on any atom is 0.321 e. The molecule has 1 aromatic carbocycles. The molecule has 1 aliphatic rings. The highest BCUT2D eigenvalue weighted by Gasteiger charge is 2.43. The second-order valence-corrected chi connectivity index (χ2v) is 3.96. The Morgan fingerprint density at radius 3 is 2.35 bits per heavy atom. The molecule has 86 valence electrons. The van der Waals surface area contributed by atoms with Crippen LogP contribution in [0.15, 0.2) is 54.6 Å². The minimum atomic E-state index is -1.45. The average molecular weight is 228 g/mol. The van der Waals surface area contributed by atoms with Crippen LogP contribution in [0.5, 0.6) is 0 Å². The van der Waals surface area contributed by atoms with Crippen molar-refractivity contribution in [2.75, 3.05) is 0 Å². The van der Waals surface area contributed by atoms with Gasteiger partial charge in [0, 0.05) is 5.56 Å². The van der Waals surface area contributed by atoms with E-state index in [9.17, 15) is 14.7 Å². The van der Waals surface area contributed by atoms with Crippen LogP contribution in [0.25, 0.3) is 0 Å². The van der Waals surface area contributed by atoms with Crippen molar-refractivity contribution in [2.24, 2.45) is 5.41 Å². The van der Waals surface area contributed by atoms with Gasteiger partial charge in [0.05, 0.1) is 0 Å². The van der Waals surface area contributed by atoms with Gasteiger partial charge < -0.3 is 5.11 Å². The Morgan fingerprint density at radius 1 is 1.12 bits per heavy atom. The molecule has 0 bridgehead atoms. The van der Waals surface area contributed by atoms with Crippen LogP contribution in [-0.2, 0) is 4.79 Å².